The van der Waals surface area contributed by atoms with E-state index >= 15 is 0 Å². The van der Waals surface area contributed by atoms with Crippen LogP contribution in [-0.4, -0.2) is 51.2 Å². The number of benzene rings is 1. The third-order valence-electron chi connectivity index (χ3n) is 7.97. The number of nitrogens with one attached hydrogen (secondary N) is 3. The maximum absolute atomic E-state index is 13.8. The van der Waals surface area contributed by atoms with Gasteiger partial charge in [0.2, 0.25) is 11.9 Å². The molecule has 0 saturated carbocycles. The van der Waals surface area contributed by atoms with Crippen molar-refractivity contribution in [3.8, 4) is 5.75 Å². The number of aromatic amines is 1. The molecule has 2 heterocycles. The third-order valence-corrected chi connectivity index (χ3v) is 9.52. The van der Waals surface area contributed by atoms with Gasteiger partial charge in [0.1, 0.15) is 12.0 Å². The first kappa shape index (κ1) is 44.6. The van der Waals surface area contributed by atoms with E-state index in [2.05, 4.69) is 99.1 Å². The lowest BCUT2D eigenvalue weighted by Gasteiger charge is -2.25. The first-order chi connectivity index (χ1) is 26.7. The highest BCUT2D eigenvalue weighted by atomic mass is 31.2. The Hall–Kier alpha value is -4.81. The SMILES string of the molecule is CC/C=C\C/C=C\C/C=C\C/C=C\C/C=C\C/C=C\CCC(=O)NCCNP(=O)(OCC(CC)OC(C)n1cnc2c(=O)[nH]c(N)nc21)Oc1ccccc1. The van der Waals surface area contributed by atoms with E-state index in [0.717, 1.165) is 38.5 Å². The Morgan fingerprint density at radius 3 is 2.11 bits per heavy atom. The summed E-state index contributed by atoms with van der Waals surface area (Å²) in [5.74, 6) is 0.215. The Morgan fingerprint density at radius 2 is 1.51 bits per heavy atom. The van der Waals surface area contributed by atoms with E-state index in [1.165, 1.54) is 6.33 Å². The zero-order valence-electron chi connectivity index (χ0n) is 32.3. The maximum Gasteiger partial charge on any atom is 0.458 e. The second kappa shape index (κ2) is 26.1. The predicted octanol–water partition coefficient (Wildman–Crippen LogP) is 8.40. The molecular formula is C41H58N7O6P. The monoisotopic (exact) mass is 775 g/mol. The summed E-state index contributed by atoms with van der Waals surface area (Å²) in [5.41, 5.74) is 5.70. The average molecular weight is 776 g/mol. The molecule has 3 aromatic rings. The van der Waals surface area contributed by atoms with Gasteiger partial charge in [-0.15, -0.1) is 0 Å². The van der Waals surface area contributed by atoms with Gasteiger partial charge in [-0.2, -0.15) is 4.98 Å². The number of allylic oxidation sites excluding steroid dienone is 12. The summed E-state index contributed by atoms with van der Waals surface area (Å²) in [6, 6.07) is 8.70. The molecule has 0 aliphatic carbocycles. The fraction of sp³-hybridized carbons (Fsp3) is 0.415. The van der Waals surface area contributed by atoms with Gasteiger partial charge in [-0.3, -0.25) is 23.7 Å². The number of aromatic nitrogens is 4. The van der Waals surface area contributed by atoms with E-state index in [1.807, 2.05) is 19.1 Å². The van der Waals surface area contributed by atoms with Crippen molar-refractivity contribution in [2.75, 3.05) is 25.4 Å². The number of nitrogens with zero attached hydrogens (tertiary/aromatic N) is 3. The summed E-state index contributed by atoms with van der Waals surface area (Å²) in [6.45, 7) is 6.11. The van der Waals surface area contributed by atoms with Crippen molar-refractivity contribution < 1.29 is 23.1 Å². The highest BCUT2D eigenvalue weighted by Crippen LogP contribution is 2.44. The Labute approximate surface area is 325 Å². The van der Waals surface area contributed by atoms with Gasteiger partial charge in [-0.25, -0.2) is 14.6 Å². The minimum atomic E-state index is -3.88. The van der Waals surface area contributed by atoms with E-state index in [-0.39, 0.29) is 42.7 Å². The molecule has 2 aromatic heterocycles. The third kappa shape index (κ3) is 17.9. The van der Waals surface area contributed by atoms with Crippen molar-refractivity contribution >= 4 is 30.8 Å². The molecule has 55 heavy (non-hydrogen) atoms. The topological polar surface area (TPSA) is 175 Å². The first-order valence-corrected chi connectivity index (χ1v) is 20.6. The fourth-order valence-corrected chi connectivity index (χ4v) is 6.41. The van der Waals surface area contributed by atoms with Gasteiger partial charge in [-0.05, 0) is 70.4 Å². The van der Waals surface area contributed by atoms with Gasteiger partial charge in [0.15, 0.2) is 11.2 Å². The summed E-state index contributed by atoms with van der Waals surface area (Å²) < 4.78 is 33.3. The molecule has 0 radical (unpaired) electrons. The molecule has 5 N–H and O–H groups in total. The zero-order chi connectivity index (χ0) is 39.6. The zero-order valence-corrected chi connectivity index (χ0v) is 33.2. The van der Waals surface area contributed by atoms with Crippen LogP contribution >= 0.6 is 7.75 Å². The van der Waals surface area contributed by atoms with Crippen LogP contribution in [0.25, 0.3) is 11.2 Å². The molecular weight excluding hydrogens is 717 g/mol. The van der Waals surface area contributed by atoms with Crippen LogP contribution in [0.2, 0.25) is 0 Å². The van der Waals surface area contributed by atoms with E-state index in [0.29, 0.717) is 25.0 Å². The molecule has 0 aliphatic rings. The molecule has 0 saturated heterocycles. The predicted molar refractivity (Wildman–Crippen MR) is 222 cm³/mol. The average Bonchev–Trinajstić information content (AvgIpc) is 3.61. The minimum absolute atomic E-state index is 0.0343. The number of hydrogen-bond acceptors (Lipinski definition) is 9. The molecule has 1 amide bonds. The maximum atomic E-state index is 13.8. The highest BCUT2D eigenvalue weighted by Gasteiger charge is 2.28. The molecule has 0 spiro atoms. The van der Waals surface area contributed by atoms with Gasteiger partial charge >= 0.3 is 7.75 Å². The Balaban J connectivity index is 1.35. The number of imidazole rings is 1. The quantitative estimate of drug-likeness (QED) is 0.0334. The summed E-state index contributed by atoms with van der Waals surface area (Å²) in [4.78, 5) is 35.4. The number of H-pyrrole nitrogens is 1. The van der Waals surface area contributed by atoms with Crippen LogP contribution in [0, 0.1) is 0 Å². The van der Waals surface area contributed by atoms with E-state index in [1.54, 1.807) is 35.8 Å². The number of ether oxygens (including phenoxy) is 1. The summed E-state index contributed by atoms with van der Waals surface area (Å²) in [7, 11) is -3.88. The number of anilines is 1. The molecule has 1 aromatic carbocycles. The van der Waals surface area contributed by atoms with Crippen molar-refractivity contribution in [2.24, 2.45) is 0 Å². The first-order valence-electron chi connectivity index (χ1n) is 19.0. The molecule has 14 heteroatoms. The standard InChI is InChI=1S/C41H58N7O6P/c1-4-6-7-8-9-10-11-12-13-14-15-16-17-18-19-20-21-22-26-29-37(49)43-30-31-45-55(51,54-36-27-24-23-25-28-36)52-32-35(5-2)53-34(3)48-33-44-38-39(48)46-41(42)47-40(38)50/h6-7,9-10,12-13,15-16,18-19,21-25,27-28,33-35H,4-5,8,11,14,17,20,26,29-32H2,1-3H3,(H,43,49)(H,45,51)(H3,42,46,47,50)/b7-6-,10-9-,13-12-,16-15-,19-18-,22-21-. The van der Waals surface area contributed by atoms with E-state index in [4.69, 9.17) is 19.5 Å². The van der Waals surface area contributed by atoms with Gasteiger partial charge in [0.25, 0.3) is 5.56 Å². The summed E-state index contributed by atoms with van der Waals surface area (Å²) in [5, 5.41) is 5.70. The van der Waals surface area contributed by atoms with E-state index in [9.17, 15) is 14.2 Å². The van der Waals surface area contributed by atoms with E-state index < -0.39 is 25.6 Å². The fourth-order valence-electron chi connectivity index (χ4n) is 5.05. The number of amides is 1. The number of nitrogens with two attached hydrogens (primary N) is 1. The highest BCUT2D eigenvalue weighted by molar-refractivity contribution is 7.52. The molecule has 0 aliphatic heterocycles. The van der Waals surface area contributed by atoms with Crippen molar-refractivity contribution in [3.05, 3.63) is 120 Å². The van der Waals surface area contributed by atoms with Gasteiger partial charge in [0.05, 0.1) is 19.0 Å². The van der Waals surface area contributed by atoms with Crippen LogP contribution in [0.4, 0.5) is 5.95 Å². The number of carbonyl (C=O) groups excluding carboxylic acids is 1. The van der Waals surface area contributed by atoms with Crippen molar-refractivity contribution in [2.45, 2.75) is 90.9 Å². The normalized spacial score (nSPS) is 14.7. The molecule has 0 bridgehead atoms. The van der Waals surface area contributed by atoms with Crippen LogP contribution < -0.4 is 26.2 Å². The summed E-state index contributed by atoms with van der Waals surface area (Å²) in [6.07, 6.45) is 33.3. The minimum Gasteiger partial charge on any atom is -0.413 e. The molecule has 3 rings (SSSR count). The summed E-state index contributed by atoms with van der Waals surface area (Å²) >= 11 is 0. The Morgan fingerprint density at radius 1 is 0.909 bits per heavy atom. The lowest BCUT2D eigenvalue weighted by Crippen LogP contribution is -2.32. The number of para-hydroxylation sites is 1. The van der Waals surface area contributed by atoms with Gasteiger partial charge in [0, 0.05) is 19.5 Å². The number of fused-ring (bicyclic) bond motifs is 1. The molecule has 3 atom stereocenters. The van der Waals surface area contributed by atoms with Crippen LogP contribution in [-0.2, 0) is 18.6 Å². The lowest BCUT2D eigenvalue weighted by atomic mass is 10.2. The second-order valence-corrected chi connectivity index (χ2v) is 14.2. The Kier molecular flexibility index (Phi) is 21.1. The smallest absolute Gasteiger partial charge is 0.413 e. The number of hydrogen-bond donors (Lipinski definition) is 4. The number of nitrogen functional groups attached to an aromatic ring is 1. The van der Waals surface area contributed by atoms with Crippen LogP contribution in [0.1, 0.15) is 84.8 Å². The van der Waals surface area contributed by atoms with Crippen LogP contribution in [0.5, 0.6) is 5.75 Å². The lowest BCUT2D eigenvalue weighted by molar-refractivity contribution is -0.120. The van der Waals surface area contributed by atoms with Crippen LogP contribution in [0.3, 0.4) is 0 Å². The number of rotatable bonds is 27. The molecule has 298 valence electrons. The van der Waals surface area contributed by atoms with Gasteiger partial charge < -0.3 is 20.3 Å². The molecule has 3 unspecified atom stereocenters. The molecule has 0 fully saturated rings. The van der Waals surface area contributed by atoms with Crippen molar-refractivity contribution in [3.63, 3.8) is 0 Å². The van der Waals surface area contributed by atoms with Crippen molar-refractivity contribution in [1.82, 2.24) is 29.9 Å². The van der Waals surface area contributed by atoms with Crippen LogP contribution in [0.15, 0.2) is 114 Å². The molecule has 13 nitrogen and oxygen atoms in total. The second-order valence-electron chi connectivity index (χ2n) is 12.5. The number of carbonyl (C=O) groups is 1. The Bertz CT molecular complexity index is 1850. The van der Waals surface area contributed by atoms with Crippen molar-refractivity contribution in [1.29, 1.82) is 0 Å². The van der Waals surface area contributed by atoms with Gasteiger partial charge in [-0.1, -0.05) is 105 Å². The largest absolute Gasteiger partial charge is 0.458 e.